The van der Waals surface area contributed by atoms with Crippen molar-refractivity contribution in [3.8, 4) is 0 Å². The molecular formula is C27H46N4O2. The third-order valence-electron chi connectivity index (χ3n) is 10.3. The number of rotatable bonds is 5. The van der Waals surface area contributed by atoms with Crippen LogP contribution in [0, 0.1) is 35.0 Å². The average Bonchev–Trinajstić information content (AvgIpc) is 3.18. The summed E-state index contributed by atoms with van der Waals surface area (Å²) in [6, 6.07) is 0.592. The van der Waals surface area contributed by atoms with Crippen LogP contribution in [0.3, 0.4) is 0 Å². The number of carbonyl (C=O) groups excluding carboxylic acids is 1. The lowest BCUT2D eigenvalue weighted by atomic mass is 9.65. The lowest BCUT2D eigenvalue weighted by Crippen LogP contribution is -2.53. The molecule has 7 unspecified atom stereocenters. The number of carbonyl (C=O) groups is 1. The molecule has 7 atom stereocenters. The van der Waals surface area contributed by atoms with Gasteiger partial charge < -0.3 is 16.2 Å². The molecule has 5 aliphatic rings. The number of amidine groups is 1. The number of amides is 1. The van der Waals surface area contributed by atoms with Crippen LogP contribution in [-0.2, 0) is 4.79 Å². The van der Waals surface area contributed by atoms with Crippen LogP contribution in [0.5, 0.6) is 0 Å². The molecule has 0 spiro atoms. The first-order valence-corrected chi connectivity index (χ1v) is 14.1. The van der Waals surface area contributed by atoms with Crippen LogP contribution in [0.2, 0.25) is 0 Å². The summed E-state index contributed by atoms with van der Waals surface area (Å²) in [6.45, 7) is 1.06. The van der Waals surface area contributed by atoms with Crippen molar-refractivity contribution in [3.05, 3.63) is 0 Å². The smallest absolute Gasteiger partial charge is 0.237 e. The predicted octanol–water partition coefficient (Wildman–Crippen LogP) is 3.81. The fraction of sp³-hybridized carbons (Fsp3) is 0.926. The van der Waals surface area contributed by atoms with Crippen molar-refractivity contribution in [1.82, 2.24) is 10.2 Å². The Morgan fingerprint density at radius 1 is 0.909 bits per heavy atom. The number of likely N-dealkylation sites (tertiary alicyclic amines) is 1. The number of aliphatic hydroxyl groups is 1. The van der Waals surface area contributed by atoms with Gasteiger partial charge in [-0.05, 0) is 87.9 Å². The van der Waals surface area contributed by atoms with Crippen molar-refractivity contribution >= 4 is 11.7 Å². The van der Waals surface area contributed by atoms with Gasteiger partial charge in [0.15, 0.2) is 0 Å². The van der Waals surface area contributed by atoms with E-state index in [0.29, 0.717) is 17.8 Å². The quantitative estimate of drug-likeness (QED) is 0.372. The minimum atomic E-state index is -0.192. The van der Waals surface area contributed by atoms with Gasteiger partial charge in [0.25, 0.3) is 0 Å². The van der Waals surface area contributed by atoms with E-state index in [0.717, 1.165) is 75.7 Å². The zero-order valence-corrected chi connectivity index (χ0v) is 20.4. The molecule has 0 aromatic carbocycles. The fourth-order valence-electron chi connectivity index (χ4n) is 8.43. The van der Waals surface area contributed by atoms with Crippen molar-refractivity contribution in [3.63, 3.8) is 0 Å². The second-order valence-corrected chi connectivity index (χ2v) is 12.2. The molecular weight excluding hydrogens is 412 g/mol. The highest BCUT2D eigenvalue weighted by molar-refractivity contribution is 5.83. The maximum absolute atomic E-state index is 13.6. The predicted molar refractivity (Wildman–Crippen MR) is 131 cm³/mol. The Hall–Kier alpha value is -1.14. The molecule has 5 N–H and O–H groups in total. The van der Waals surface area contributed by atoms with Gasteiger partial charge in [0, 0.05) is 24.5 Å². The van der Waals surface area contributed by atoms with Crippen molar-refractivity contribution in [2.75, 3.05) is 6.54 Å². The van der Waals surface area contributed by atoms with Crippen LogP contribution in [-0.4, -0.2) is 52.5 Å². The van der Waals surface area contributed by atoms with Gasteiger partial charge in [0.2, 0.25) is 5.91 Å². The highest BCUT2D eigenvalue weighted by Gasteiger charge is 2.49. The van der Waals surface area contributed by atoms with E-state index in [-0.39, 0.29) is 30.0 Å². The van der Waals surface area contributed by atoms with Gasteiger partial charge in [0.1, 0.15) is 0 Å². The molecule has 0 aromatic rings. The van der Waals surface area contributed by atoms with Crippen molar-refractivity contribution in [1.29, 1.82) is 5.41 Å². The summed E-state index contributed by atoms with van der Waals surface area (Å²) in [5.74, 6) is 3.80. The molecule has 1 saturated heterocycles. The van der Waals surface area contributed by atoms with Crippen molar-refractivity contribution in [2.24, 2.45) is 35.3 Å². The molecule has 1 amide bonds. The second-order valence-electron chi connectivity index (χ2n) is 12.2. The first-order chi connectivity index (χ1) is 16.0. The van der Waals surface area contributed by atoms with Gasteiger partial charge in [-0.3, -0.25) is 15.1 Å². The highest BCUT2D eigenvalue weighted by atomic mass is 16.3. The number of hydrogen-bond donors (Lipinski definition) is 4. The molecule has 5 rings (SSSR count). The number of hydrogen-bond acceptors (Lipinski definition) is 4. The molecule has 4 saturated carbocycles. The molecule has 1 heterocycles. The van der Waals surface area contributed by atoms with Crippen molar-refractivity contribution < 1.29 is 9.90 Å². The summed E-state index contributed by atoms with van der Waals surface area (Å²) in [7, 11) is 0. The molecule has 186 valence electrons. The molecule has 33 heavy (non-hydrogen) atoms. The monoisotopic (exact) mass is 458 g/mol. The second kappa shape index (κ2) is 10.2. The van der Waals surface area contributed by atoms with E-state index in [9.17, 15) is 9.90 Å². The zero-order chi connectivity index (χ0) is 22.9. The molecule has 0 aromatic heterocycles. The van der Waals surface area contributed by atoms with E-state index in [4.69, 9.17) is 11.1 Å². The summed E-state index contributed by atoms with van der Waals surface area (Å²) in [6.07, 6.45) is 16.9. The lowest BCUT2D eigenvalue weighted by molar-refractivity contribution is -0.127. The summed E-state index contributed by atoms with van der Waals surface area (Å²) < 4.78 is 0. The van der Waals surface area contributed by atoms with Crippen molar-refractivity contribution in [2.45, 2.75) is 121 Å². The number of aliphatic hydroxyl groups excluding tert-OH is 1. The minimum Gasteiger partial charge on any atom is -0.393 e. The standard InChI is InChI=1S/C27H46N4O2/c28-26(29)19-9-8-18-14-25(27(33)30-21-10-12-22(32)13-11-21)31(24(18)15-19)16-20-6-3-5-17-4-1-2-7-23(17)20/h17-25,32H,1-16H2,(H3,28,29)(H,30,33). The highest BCUT2D eigenvalue weighted by Crippen LogP contribution is 2.47. The van der Waals surface area contributed by atoms with Crippen LogP contribution in [0.15, 0.2) is 0 Å². The normalized spacial score (nSPS) is 44.0. The first kappa shape index (κ1) is 23.6. The molecule has 0 bridgehead atoms. The Labute approximate surface area is 199 Å². The number of nitrogens with two attached hydrogens (primary N) is 1. The van der Waals surface area contributed by atoms with E-state index in [1.165, 1.54) is 44.9 Å². The van der Waals surface area contributed by atoms with Crippen LogP contribution in [0.4, 0.5) is 0 Å². The van der Waals surface area contributed by atoms with Gasteiger partial charge >= 0.3 is 0 Å². The maximum Gasteiger partial charge on any atom is 0.237 e. The lowest BCUT2D eigenvalue weighted by Gasteiger charge is -2.45. The third kappa shape index (κ3) is 5.12. The van der Waals surface area contributed by atoms with Gasteiger partial charge in [-0.25, -0.2) is 0 Å². The van der Waals surface area contributed by atoms with E-state index in [2.05, 4.69) is 10.2 Å². The minimum absolute atomic E-state index is 0.0264. The van der Waals surface area contributed by atoms with Gasteiger partial charge in [-0.2, -0.15) is 0 Å². The van der Waals surface area contributed by atoms with Crippen LogP contribution < -0.4 is 11.1 Å². The molecule has 1 aliphatic heterocycles. The summed E-state index contributed by atoms with van der Waals surface area (Å²) in [4.78, 5) is 16.2. The number of fused-ring (bicyclic) bond motifs is 2. The summed E-state index contributed by atoms with van der Waals surface area (Å²) in [5, 5.41) is 21.3. The Bertz CT molecular complexity index is 704. The van der Waals surface area contributed by atoms with Crippen LogP contribution >= 0.6 is 0 Å². The van der Waals surface area contributed by atoms with E-state index in [1.54, 1.807) is 0 Å². The fourth-order valence-corrected chi connectivity index (χ4v) is 8.43. The first-order valence-electron chi connectivity index (χ1n) is 14.1. The Balaban J connectivity index is 1.31. The molecule has 5 fully saturated rings. The SMILES string of the molecule is N=C(N)C1CCC2CC(C(=O)NC3CCC(O)CC3)N(CC3CCCC4CCCCC43)C2C1. The largest absolute Gasteiger partial charge is 0.393 e. The van der Waals surface area contributed by atoms with E-state index in [1.807, 2.05) is 0 Å². The number of nitrogens with one attached hydrogen (secondary N) is 2. The van der Waals surface area contributed by atoms with Crippen LogP contribution in [0.25, 0.3) is 0 Å². The molecule has 4 aliphatic carbocycles. The van der Waals surface area contributed by atoms with E-state index >= 15 is 0 Å². The van der Waals surface area contributed by atoms with Gasteiger partial charge in [-0.15, -0.1) is 0 Å². The van der Waals surface area contributed by atoms with Gasteiger partial charge in [-0.1, -0.05) is 32.1 Å². The van der Waals surface area contributed by atoms with Crippen LogP contribution in [0.1, 0.15) is 96.3 Å². The Morgan fingerprint density at radius 3 is 2.45 bits per heavy atom. The Kier molecular flexibility index (Phi) is 7.31. The number of nitrogens with zero attached hydrogens (tertiary/aromatic N) is 1. The average molecular weight is 459 g/mol. The van der Waals surface area contributed by atoms with Gasteiger partial charge in [0.05, 0.1) is 18.0 Å². The Morgan fingerprint density at radius 2 is 1.67 bits per heavy atom. The van der Waals surface area contributed by atoms with E-state index < -0.39 is 0 Å². The molecule has 6 heteroatoms. The maximum atomic E-state index is 13.6. The third-order valence-corrected chi connectivity index (χ3v) is 10.3. The molecule has 0 radical (unpaired) electrons. The summed E-state index contributed by atoms with van der Waals surface area (Å²) >= 11 is 0. The molecule has 6 nitrogen and oxygen atoms in total. The zero-order valence-electron chi connectivity index (χ0n) is 20.4. The summed E-state index contributed by atoms with van der Waals surface area (Å²) in [5.41, 5.74) is 5.96. The topological polar surface area (TPSA) is 102 Å².